The molecule has 0 unspecified atom stereocenters. The molecule has 0 fully saturated rings. The van der Waals surface area contributed by atoms with Gasteiger partial charge in [0.25, 0.3) is 0 Å². The largest absolute Gasteiger partial charge is 0.497 e. The number of methoxy groups -OCH3 is 1. The Morgan fingerprint density at radius 1 is 1.15 bits per heavy atom. The molecule has 2 rings (SSSR count). The normalized spacial score (nSPS) is 10.6. The van der Waals surface area contributed by atoms with Gasteiger partial charge in [-0.25, -0.2) is 9.97 Å². The maximum absolute atomic E-state index is 5.16. The molecule has 1 heterocycles. The van der Waals surface area contributed by atoms with E-state index in [-0.39, 0.29) is 0 Å². The molecule has 0 atom stereocenters. The maximum Gasteiger partial charge on any atom is 0.133 e. The number of hydrogen-bond donors (Lipinski definition) is 1. The number of benzene rings is 1. The summed E-state index contributed by atoms with van der Waals surface area (Å²) in [7, 11) is 1.67. The maximum atomic E-state index is 5.16. The molecular weight excluding hydrogens is 250 g/mol. The number of aryl methyl sites for hydroxylation is 1. The lowest BCUT2D eigenvalue weighted by molar-refractivity contribution is 0.414. The highest BCUT2D eigenvalue weighted by molar-refractivity contribution is 5.29. The third-order valence-corrected chi connectivity index (χ3v) is 3.03. The van der Waals surface area contributed by atoms with E-state index in [0.717, 1.165) is 42.5 Å². The van der Waals surface area contributed by atoms with Crippen molar-refractivity contribution in [2.45, 2.75) is 26.8 Å². The Morgan fingerprint density at radius 2 is 1.90 bits per heavy atom. The zero-order valence-electron chi connectivity index (χ0n) is 12.3. The first-order chi connectivity index (χ1) is 9.71. The third kappa shape index (κ3) is 4.03. The van der Waals surface area contributed by atoms with Crippen LogP contribution in [0, 0.1) is 6.92 Å². The molecule has 1 N–H and O–H groups in total. The van der Waals surface area contributed by atoms with E-state index in [1.54, 1.807) is 7.11 Å². The van der Waals surface area contributed by atoms with Crippen molar-refractivity contribution < 1.29 is 4.74 Å². The Labute approximate surface area is 120 Å². The summed E-state index contributed by atoms with van der Waals surface area (Å²) in [4.78, 5) is 9.11. The van der Waals surface area contributed by atoms with E-state index in [9.17, 15) is 0 Å². The standard InChI is InChI=1S/C16H21N3O/c1-4-17-11-14-9-12(2)18-16(19-14)10-13-5-7-15(20-3)8-6-13/h5-9,17H,4,10-11H2,1-3H3. The van der Waals surface area contributed by atoms with Gasteiger partial charge in [-0.1, -0.05) is 19.1 Å². The zero-order chi connectivity index (χ0) is 14.4. The Bertz CT molecular complexity index is 552. The van der Waals surface area contributed by atoms with Crippen LogP contribution in [0.25, 0.3) is 0 Å². The Morgan fingerprint density at radius 3 is 2.55 bits per heavy atom. The van der Waals surface area contributed by atoms with Gasteiger partial charge < -0.3 is 10.1 Å². The lowest BCUT2D eigenvalue weighted by Gasteiger charge is -2.07. The van der Waals surface area contributed by atoms with Crippen LogP contribution < -0.4 is 10.1 Å². The molecule has 4 heteroatoms. The number of ether oxygens (including phenoxy) is 1. The lowest BCUT2D eigenvalue weighted by Crippen LogP contribution is -2.14. The minimum absolute atomic E-state index is 0.741. The fourth-order valence-electron chi connectivity index (χ4n) is 2.05. The molecule has 2 aromatic rings. The summed E-state index contributed by atoms with van der Waals surface area (Å²) in [5.74, 6) is 1.73. The van der Waals surface area contributed by atoms with E-state index >= 15 is 0 Å². The van der Waals surface area contributed by atoms with Gasteiger partial charge in [-0.05, 0) is 37.2 Å². The molecule has 0 saturated heterocycles. The van der Waals surface area contributed by atoms with Crippen LogP contribution in [0.4, 0.5) is 0 Å². The number of hydrogen-bond acceptors (Lipinski definition) is 4. The second kappa shape index (κ2) is 7.01. The van der Waals surface area contributed by atoms with Gasteiger partial charge in [0, 0.05) is 18.7 Å². The second-order valence-electron chi connectivity index (χ2n) is 4.72. The van der Waals surface area contributed by atoms with Crippen molar-refractivity contribution in [3.05, 3.63) is 53.1 Å². The van der Waals surface area contributed by atoms with Crippen LogP contribution in [0.5, 0.6) is 5.75 Å². The van der Waals surface area contributed by atoms with Gasteiger partial charge >= 0.3 is 0 Å². The SMILES string of the molecule is CCNCc1cc(C)nc(Cc2ccc(OC)cc2)n1. The summed E-state index contributed by atoms with van der Waals surface area (Å²) in [5, 5.41) is 3.29. The monoisotopic (exact) mass is 271 g/mol. The predicted molar refractivity (Wildman–Crippen MR) is 79.9 cm³/mol. The molecule has 1 aromatic carbocycles. The third-order valence-electron chi connectivity index (χ3n) is 3.03. The van der Waals surface area contributed by atoms with E-state index in [2.05, 4.69) is 34.3 Å². The van der Waals surface area contributed by atoms with Crippen molar-refractivity contribution in [1.29, 1.82) is 0 Å². The Kier molecular flexibility index (Phi) is 5.07. The van der Waals surface area contributed by atoms with Crippen molar-refractivity contribution in [2.75, 3.05) is 13.7 Å². The predicted octanol–water partition coefficient (Wildman–Crippen LogP) is 2.49. The van der Waals surface area contributed by atoms with Crippen LogP contribution in [0.2, 0.25) is 0 Å². The van der Waals surface area contributed by atoms with Crippen molar-refractivity contribution in [3.63, 3.8) is 0 Å². The molecule has 4 nitrogen and oxygen atoms in total. The van der Waals surface area contributed by atoms with Crippen molar-refractivity contribution >= 4 is 0 Å². The van der Waals surface area contributed by atoms with Gasteiger partial charge in [0.05, 0.1) is 12.8 Å². The first kappa shape index (κ1) is 14.5. The van der Waals surface area contributed by atoms with Crippen LogP contribution in [0.1, 0.15) is 29.7 Å². The van der Waals surface area contributed by atoms with Crippen LogP contribution >= 0.6 is 0 Å². The number of rotatable bonds is 6. The fraction of sp³-hybridized carbons (Fsp3) is 0.375. The van der Waals surface area contributed by atoms with Crippen molar-refractivity contribution in [1.82, 2.24) is 15.3 Å². The lowest BCUT2D eigenvalue weighted by atomic mass is 10.1. The molecule has 1 aromatic heterocycles. The molecule has 0 aliphatic carbocycles. The van der Waals surface area contributed by atoms with Gasteiger partial charge in [0.1, 0.15) is 11.6 Å². The molecule has 106 valence electrons. The van der Waals surface area contributed by atoms with Gasteiger partial charge in [0.2, 0.25) is 0 Å². The Balaban J connectivity index is 2.12. The highest BCUT2D eigenvalue weighted by atomic mass is 16.5. The van der Waals surface area contributed by atoms with E-state index in [1.807, 2.05) is 25.1 Å². The first-order valence-electron chi connectivity index (χ1n) is 6.88. The van der Waals surface area contributed by atoms with E-state index in [1.165, 1.54) is 5.56 Å². The molecular formula is C16H21N3O. The number of nitrogens with zero attached hydrogens (tertiary/aromatic N) is 2. The minimum Gasteiger partial charge on any atom is -0.497 e. The number of nitrogens with one attached hydrogen (secondary N) is 1. The molecule has 0 radical (unpaired) electrons. The molecule has 0 spiro atoms. The van der Waals surface area contributed by atoms with Gasteiger partial charge in [-0.15, -0.1) is 0 Å². The highest BCUT2D eigenvalue weighted by Crippen LogP contribution is 2.14. The topological polar surface area (TPSA) is 47.0 Å². The summed E-state index contributed by atoms with van der Waals surface area (Å²) in [6, 6.07) is 10.1. The minimum atomic E-state index is 0.741. The highest BCUT2D eigenvalue weighted by Gasteiger charge is 2.04. The van der Waals surface area contributed by atoms with Crippen molar-refractivity contribution in [3.8, 4) is 5.75 Å². The quantitative estimate of drug-likeness (QED) is 0.877. The summed E-state index contributed by atoms with van der Waals surface area (Å²) >= 11 is 0. The molecule has 0 aliphatic heterocycles. The summed E-state index contributed by atoms with van der Waals surface area (Å²) in [6.07, 6.45) is 0.741. The Hall–Kier alpha value is -1.94. The van der Waals surface area contributed by atoms with Crippen LogP contribution in [-0.4, -0.2) is 23.6 Å². The van der Waals surface area contributed by atoms with Crippen LogP contribution in [0.15, 0.2) is 30.3 Å². The van der Waals surface area contributed by atoms with Crippen molar-refractivity contribution in [2.24, 2.45) is 0 Å². The average molecular weight is 271 g/mol. The molecule has 20 heavy (non-hydrogen) atoms. The summed E-state index contributed by atoms with van der Waals surface area (Å²) in [6.45, 7) is 5.83. The smallest absolute Gasteiger partial charge is 0.133 e. The van der Waals surface area contributed by atoms with Crippen LogP contribution in [-0.2, 0) is 13.0 Å². The first-order valence-corrected chi connectivity index (χ1v) is 6.88. The van der Waals surface area contributed by atoms with Crippen LogP contribution in [0.3, 0.4) is 0 Å². The zero-order valence-corrected chi connectivity index (χ0v) is 12.3. The molecule has 0 bridgehead atoms. The summed E-state index contributed by atoms with van der Waals surface area (Å²) < 4.78 is 5.16. The van der Waals surface area contributed by atoms with Gasteiger partial charge in [-0.3, -0.25) is 0 Å². The van der Waals surface area contributed by atoms with E-state index < -0.39 is 0 Å². The summed E-state index contributed by atoms with van der Waals surface area (Å²) in [5.41, 5.74) is 3.24. The molecule has 0 aliphatic rings. The van der Waals surface area contributed by atoms with Gasteiger partial charge in [-0.2, -0.15) is 0 Å². The fourth-order valence-corrected chi connectivity index (χ4v) is 2.05. The average Bonchev–Trinajstić information content (AvgIpc) is 2.45. The molecule has 0 amide bonds. The molecule has 0 saturated carbocycles. The van der Waals surface area contributed by atoms with Gasteiger partial charge in [0.15, 0.2) is 0 Å². The number of aromatic nitrogens is 2. The van der Waals surface area contributed by atoms with E-state index in [0.29, 0.717) is 0 Å². The second-order valence-corrected chi connectivity index (χ2v) is 4.72. The van der Waals surface area contributed by atoms with E-state index in [4.69, 9.17) is 4.74 Å².